The first-order valence-corrected chi connectivity index (χ1v) is 6.29. The normalized spacial score (nSPS) is 12.6. The highest BCUT2D eigenvalue weighted by atomic mass is 16.4. The molecule has 0 spiro atoms. The average molecular weight is 253 g/mol. The minimum atomic E-state index is 0.287. The van der Waals surface area contributed by atoms with E-state index in [-0.39, 0.29) is 5.84 Å². The lowest BCUT2D eigenvalue weighted by atomic mass is 10.2. The zero-order chi connectivity index (χ0) is 13.4. The summed E-state index contributed by atoms with van der Waals surface area (Å²) in [7, 11) is 0. The van der Waals surface area contributed by atoms with Crippen LogP contribution in [0, 0.1) is 0 Å². The Balaban J connectivity index is 2.29. The smallest absolute Gasteiger partial charge is 0.140 e. The van der Waals surface area contributed by atoms with Gasteiger partial charge in [-0.25, -0.2) is 4.98 Å². The molecule has 18 heavy (non-hydrogen) atoms. The molecule has 0 atom stereocenters. The summed E-state index contributed by atoms with van der Waals surface area (Å²) < 4.78 is 2.07. The van der Waals surface area contributed by atoms with Crippen LogP contribution in [0.5, 0.6) is 0 Å². The number of oxime groups is 1. The predicted octanol–water partition coefficient (Wildman–Crippen LogP) is 1.12. The second-order valence-corrected chi connectivity index (χ2v) is 4.63. The topological polar surface area (TPSA) is 79.7 Å². The standard InChI is InChI=1S/C12H23N5O/c1-11(2)17(8-4-12(13)15-18)7-3-6-16-9-5-14-10-16/h5,9-11,18H,3-4,6-8H2,1-2H3,(H2,13,15). The number of nitrogens with two attached hydrogens (primary N) is 1. The van der Waals surface area contributed by atoms with Gasteiger partial charge in [-0.3, -0.25) is 0 Å². The molecule has 0 aliphatic carbocycles. The Morgan fingerprint density at radius 3 is 2.83 bits per heavy atom. The number of aromatic nitrogens is 2. The fourth-order valence-corrected chi connectivity index (χ4v) is 1.81. The summed E-state index contributed by atoms with van der Waals surface area (Å²) in [6, 6.07) is 0.458. The maximum atomic E-state index is 8.52. The number of nitrogens with zero attached hydrogens (tertiary/aromatic N) is 4. The molecule has 6 nitrogen and oxygen atoms in total. The summed E-state index contributed by atoms with van der Waals surface area (Å²) >= 11 is 0. The van der Waals surface area contributed by atoms with E-state index in [0.29, 0.717) is 12.5 Å². The van der Waals surface area contributed by atoms with Gasteiger partial charge in [0, 0.05) is 44.5 Å². The molecule has 1 heterocycles. The van der Waals surface area contributed by atoms with Crippen molar-refractivity contribution in [1.29, 1.82) is 0 Å². The molecule has 0 unspecified atom stereocenters. The third kappa shape index (κ3) is 5.18. The first kappa shape index (κ1) is 14.5. The highest BCUT2D eigenvalue weighted by molar-refractivity contribution is 5.79. The lowest BCUT2D eigenvalue weighted by Gasteiger charge is -2.26. The van der Waals surface area contributed by atoms with Crippen LogP contribution in [0.4, 0.5) is 0 Å². The van der Waals surface area contributed by atoms with Gasteiger partial charge in [0.05, 0.1) is 6.33 Å². The molecule has 102 valence electrons. The largest absolute Gasteiger partial charge is 0.409 e. The summed E-state index contributed by atoms with van der Waals surface area (Å²) in [5.74, 6) is 0.287. The Bertz CT molecular complexity index is 347. The molecule has 0 saturated carbocycles. The molecule has 1 rings (SSSR count). The maximum Gasteiger partial charge on any atom is 0.140 e. The van der Waals surface area contributed by atoms with Crippen LogP contribution < -0.4 is 5.73 Å². The quantitative estimate of drug-likeness (QED) is 0.315. The summed E-state index contributed by atoms with van der Waals surface area (Å²) in [5, 5.41) is 11.5. The van der Waals surface area contributed by atoms with Gasteiger partial charge in [-0.05, 0) is 20.3 Å². The van der Waals surface area contributed by atoms with Crippen LogP contribution in [-0.4, -0.2) is 44.6 Å². The Hall–Kier alpha value is -1.56. The van der Waals surface area contributed by atoms with Gasteiger partial charge in [-0.2, -0.15) is 0 Å². The molecule has 0 saturated heterocycles. The molecule has 0 fully saturated rings. The number of amidine groups is 1. The Morgan fingerprint density at radius 1 is 1.50 bits per heavy atom. The van der Waals surface area contributed by atoms with Gasteiger partial charge in [0.25, 0.3) is 0 Å². The van der Waals surface area contributed by atoms with Crippen molar-refractivity contribution in [2.75, 3.05) is 13.1 Å². The monoisotopic (exact) mass is 253 g/mol. The fourth-order valence-electron chi connectivity index (χ4n) is 1.81. The van der Waals surface area contributed by atoms with Crippen molar-refractivity contribution in [2.45, 2.75) is 39.3 Å². The van der Waals surface area contributed by atoms with E-state index in [4.69, 9.17) is 10.9 Å². The first-order valence-electron chi connectivity index (χ1n) is 6.29. The van der Waals surface area contributed by atoms with Crippen molar-refractivity contribution in [3.05, 3.63) is 18.7 Å². The lowest BCUT2D eigenvalue weighted by molar-refractivity contribution is 0.220. The zero-order valence-electron chi connectivity index (χ0n) is 11.2. The van der Waals surface area contributed by atoms with Crippen molar-refractivity contribution in [3.63, 3.8) is 0 Å². The molecule has 0 aliphatic rings. The van der Waals surface area contributed by atoms with E-state index in [0.717, 1.165) is 26.1 Å². The second-order valence-electron chi connectivity index (χ2n) is 4.63. The SMILES string of the molecule is CC(C)N(CCCn1ccnc1)CC/C(N)=N/O. The van der Waals surface area contributed by atoms with Gasteiger partial charge in [0.1, 0.15) is 5.84 Å². The van der Waals surface area contributed by atoms with Crippen LogP contribution in [0.2, 0.25) is 0 Å². The van der Waals surface area contributed by atoms with Gasteiger partial charge >= 0.3 is 0 Å². The van der Waals surface area contributed by atoms with Crippen molar-refractivity contribution in [2.24, 2.45) is 10.9 Å². The summed E-state index contributed by atoms with van der Waals surface area (Å²) in [5.41, 5.74) is 5.49. The van der Waals surface area contributed by atoms with E-state index >= 15 is 0 Å². The molecule has 0 bridgehead atoms. The van der Waals surface area contributed by atoms with E-state index in [9.17, 15) is 0 Å². The average Bonchev–Trinajstić information content (AvgIpc) is 2.85. The highest BCUT2D eigenvalue weighted by Crippen LogP contribution is 2.02. The molecular weight excluding hydrogens is 230 g/mol. The van der Waals surface area contributed by atoms with Crippen LogP contribution in [0.3, 0.4) is 0 Å². The van der Waals surface area contributed by atoms with E-state index in [2.05, 4.69) is 33.5 Å². The number of imidazole rings is 1. The molecule has 1 aromatic rings. The second kappa shape index (κ2) is 7.71. The van der Waals surface area contributed by atoms with Crippen LogP contribution in [0.25, 0.3) is 0 Å². The molecule has 0 radical (unpaired) electrons. The van der Waals surface area contributed by atoms with E-state index in [1.54, 1.807) is 6.20 Å². The zero-order valence-corrected chi connectivity index (χ0v) is 11.2. The summed E-state index contributed by atoms with van der Waals surface area (Å²) in [6.45, 7) is 7.09. The molecular formula is C12H23N5O. The van der Waals surface area contributed by atoms with Crippen LogP contribution in [-0.2, 0) is 6.54 Å². The molecule has 1 aromatic heterocycles. The minimum Gasteiger partial charge on any atom is -0.409 e. The fraction of sp³-hybridized carbons (Fsp3) is 0.667. The van der Waals surface area contributed by atoms with Crippen LogP contribution >= 0.6 is 0 Å². The summed E-state index contributed by atoms with van der Waals surface area (Å²) in [6.07, 6.45) is 7.25. The maximum absolute atomic E-state index is 8.52. The molecule has 0 amide bonds. The van der Waals surface area contributed by atoms with Gasteiger partial charge in [0.2, 0.25) is 0 Å². The third-order valence-electron chi connectivity index (χ3n) is 2.93. The van der Waals surface area contributed by atoms with E-state index in [1.165, 1.54) is 0 Å². The van der Waals surface area contributed by atoms with Gasteiger partial charge in [-0.15, -0.1) is 0 Å². The van der Waals surface area contributed by atoms with Gasteiger partial charge < -0.3 is 20.4 Å². The Labute approximate surface area is 108 Å². The number of hydrogen-bond donors (Lipinski definition) is 2. The predicted molar refractivity (Wildman–Crippen MR) is 71.6 cm³/mol. The Kier molecular flexibility index (Phi) is 6.21. The van der Waals surface area contributed by atoms with Crippen molar-refractivity contribution < 1.29 is 5.21 Å². The number of hydrogen-bond acceptors (Lipinski definition) is 4. The molecule has 6 heteroatoms. The number of rotatable bonds is 8. The van der Waals surface area contributed by atoms with E-state index in [1.807, 2.05) is 12.5 Å². The first-order chi connectivity index (χ1) is 8.63. The van der Waals surface area contributed by atoms with Crippen molar-refractivity contribution >= 4 is 5.84 Å². The van der Waals surface area contributed by atoms with Gasteiger partial charge in [-0.1, -0.05) is 5.16 Å². The lowest BCUT2D eigenvalue weighted by Crippen LogP contribution is -2.35. The minimum absolute atomic E-state index is 0.287. The Morgan fingerprint density at radius 2 is 2.28 bits per heavy atom. The van der Waals surface area contributed by atoms with Crippen molar-refractivity contribution in [1.82, 2.24) is 14.5 Å². The third-order valence-corrected chi connectivity index (χ3v) is 2.93. The van der Waals surface area contributed by atoms with Gasteiger partial charge in [0.15, 0.2) is 0 Å². The van der Waals surface area contributed by atoms with Crippen molar-refractivity contribution in [3.8, 4) is 0 Å². The molecule has 0 aliphatic heterocycles. The van der Waals surface area contributed by atoms with Crippen LogP contribution in [0.15, 0.2) is 23.9 Å². The highest BCUT2D eigenvalue weighted by Gasteiger charge is 2.09. The molecule has 3 N–H and O–H groups in total. The van der Waals surface area contributed by atoms with E-state index < -0.39 is 0 Å². The number of aryl methyl sites for hydroxylation is 1. The van der Waals surface area contributed by atoms with Crippen LogP contribution in [0.1, 0.15) is 26.7 Å². The molecule has 0 aromatic carbocycles. The summed E-state index contributed by atoms with van der Waals surface area (Å²) in [4.78, 5) is 6.34.